The van der Waals surface area contributed by atoms with Crippen LogP contribution >= 0.6 is 0 Å². The maximum Gasteiger partial charge on any atom is 0.123 e. The van der Waals surface area contributed by atoms with Crippen LogP contribution < -0.4 is 5.73 Å². The molecule has 3 heteroatoms. The Balaban J connectivity index is 2.44. The zero-order chi connectivity index (χ0) is 9.97. The molecular weight excluding hydrogens is 179 g/mol. The number of nitrogens with zero attached hydrogens (tertiary/aromatic N) is 1. The number of nitrogen functional groups attached to an aromatic ring is 1. The minimum absolute atomic E-state index is 0.240. The van der Waals surface area contributed by atoms with Crippen LogP contribution in [0.1, 0.15) is 0 Å². The molecule has 0 aliphatic carbocycles. The molecule has 0 spiro atoms. The molecule has 0 aliphatic rings. The predicted octanol–water partition coefficient (Wildman–Crippen LogP) is 2.47. The van der Waals surface area contributed by atoms with Crippen molar-refractivity contribution in [2.24, 2.45) is 0 Å². The first-order chi connectivity index (χ1) is 6.75. The van der Waals surface area contributed by atoms with Gasteiger partial charge in [-0.05, 0) is 35.4 Å². The Morgan fingerprint density at radius 3 is 2.36 bits per heavy atom. The van der Waals surface area contributed by atoms with Gasteiger partial charge in [0.15, 0.2) is 0 Å². The first-order valence-corrected chi connectivity index (χ1v) is 4.23. The number of hydrogen-bond donors (Lipinski definition) is 1. The van der Waals surface area contributed by atoms with E-state index in [9.17, 15) is 4.39 Å². The minimum Gasteiger partial charge on any atom is -0.384 e. The Kier molecular flexibility index (Phi) is 2.14. The van der Waals surface area contributed by atoms with Crippen molar-refractivity contribution < 1.29 is 4.39 Å². The normalized spacial score (nSPS) is 10.1. The lowest BCUT2D eigenvalue weighted by molar-refractivity contribution is 0.628. The van der Waals surface area contributed by atoms with Crippen LogP contribution in [0.2, 0.25) is 0 Å². The lowest BCUT2D eigenvalue weighted by atomic mass is 10.1. The van der Waals surface area contributed by atoms with Crippen molar-refractivity contribution >= 4 is 5.82 Å². The van der Waals surface area contributed by atoms with Gasteiger partial charge in [-0.1, -0.05) is 12.1 Å². The van der Waals surface area contributed by atoms with Gasteiger partial charge in [0.1, 0.15) is 11.6 Å². The fourth-order valence-electron chi connectivity index (χ4n) is 1.27. The quantitative estimate of drug-likeness (QED) is 0.746. The molecule has 2 aromatic rings. The zero-order valence-electron chi connectivity index (χ0n) is 7.44. The molecule has 0 bridgehead atoms. The second-order valence-electron chi connectivity index (χ2n) is 2.98. The number of anilines is 1. The standard InChI is InChI=1S/C11H9FN2/c12-10-3-1-8(2-4-10)9-5-6-14-11(13)7-9/h1-7H,(H2,13,14). The third kappa shape index (κ3) is 1.71. The molecule has 2 nitrogen and oxygen atoms in total. The molecule has 1 aromatic carbocycles. The highest BCUT2D eigenvalue weighted by Gasteiger charge is 1.98. The second kappa shape index (κ2) is 3.46. The monoisotopic (exact) mass is 188 g/mol. The lowest BCUT2D eigenvalue weighted by Gasteiger charge is -2.01. The van der Waals surface area contributed by atoms with E-state index in [4.69, 9.17) is 5.73 Å². The van der Waals surface area contributed by atoms with Gasteiger partial charge in [-0.3, -0.25) is 0 Å². The molecule has 2 rings (SSSR count). The number of nitrogens with two attached hydrogens (primary N) is 1. The molecule has 0 saturated heterocycles. The van der Waals surface area contributed by atoms with Crippen molar-refractivity contribution in [2.45, 2.75) is 0 Å². The molecule has 0 amide bonds. The Bertz CT molecular complexity index is 437. The van der Waals surface area contributed by atoms with Gasteiger partial charge in [-0.25, -0.2) is 9.37 Å². The van der Waals surface area contributed by atoms with E-state index in [0.29, 0.717) is 5.82 Å². The fourth-order valence-corrected chi connectivity index (χ4v) is 1.27. The minimum atomic E-state index is -0.240. The highest BCUT2D eigenvalue weighted by molar-refractivity contribution is 5.65. The smallest absolute Gasteiger partial charge is 0.123 e. The van der Waals surface area contributed by atoms with Crippen LogP contribution in [0.4, 0.5) is 10.2 Å². The van der Waals surface area contributed by atoms with Crippen molar-refractivity contribution in [1.82, 2.24) is 4.98 Å². The van der Waals surface area contributed by atoms with Crippen molar-refractivity contribution in [2.75, 3.05) is 5.73 Å². The van der Waals surface area contributed by atoms with E-state index in [-0.39, 0.29) is 5.82 Å². The molecule has 2 N–H and O–H groups in total. The second-order valence-corrected chi connectivity index (χ2v) is 2.98. The molecular formula is C11H9FN2. The third-order valence-electron chi connectivity index (χ3n) is 1.96. The highest BCUT2D eigenvalue weighted by Crippen LogP contribution is 2.20. The Morgan fingerprint density at radius 2 is 1.71 bits per heavy atom. The molecule has 1 aromatic heterocycles. The van der Waals surface area contributed by atoms with Gasteiger partial charge in [0.25, 0.3) is 0 Å². The van der Waals surface area contributed by atoms with E-state index >= 15 is 0 Å². The van der Waals surface area contributed by atoms with Crippen LogP contribution in [-0.4, -0.2) is 4.98 Å². The molecule has 0 radical (unpaired) electrons. The van der Waals surface area contributed by atoms with E-state index in [2.05, 4.69) is 4.98 Å². The van der Waals surface area contributed by atoms with Crippen LogP contribution in [0, 0.1) is 5.82 Å². The van der Waals surface area contributed by atoms with Gasteiger partial charge in [0.05, 0.1) is 0 Å². The summed E-state index contributed by atoms with van der Waals surface area (Å²) in [6.07, 6.45) is 1.63. The summed E-state index contributed by atoms with van der Waals surface area (Å²) in [4.78, 5) is 3.89. The molecule has 0 aliphatic heterocycles. The molecule has 1 heterocycles. The topological polar surface area (TPSA) is 38.9 Å². The van der Waals surface area contributed by atoms with Crippen LogP contribution in [0.15, 0.2) is 42.6 Å². The summed E-state index contributed by atoms with van der Waals surface area (Å²) in [5.41, 5.74) is 7.41. The van der Waals surface area contributed by atoms with Crippen LogP contribution in [0.3, 0.4) is 0 Å². The van der Waals surface area contributed by atoms with Gasteiger partial charge in [0, 0.05) is 6.20 Å². The van der Waals surface area contributed by atoms with E-state index in [1.54, 1.807) is 24.4 Å². The predicted molar refractivity (Wildman–Crippen MR) is 54.0 cm³/mol. The number of rotatable bonds is 1. The maximum absolute atomic E-state index is 12.6. The first-order valence-electron chi connectivity index (χ1n) is 4.23. The van der Waals surface area contributed by atoms with Crippen molar-refractivity contribution in [3.8, 4) is 11.1 Å². The summed E-state index contributed by atoms with van der Waals surface area (Å²) in [5, 5.41) is 0. The Labute approximate surface area is 81.2 Å². The average molecular weight is 188 g/mol. The first kappa shape index (κ1) is 8.69. The van der Waals surface area contributed by atoms with Crippen molar-refractivity contribution in [1.29, 1.82) is 0 Å². The molecule has 70 valence electrons. The molecule has 0 atom stereocenters. The Hall–Kier alpha value is -1.90. The number of benzene rings is 1. The number of halogens is 1. The zero-order valence-corrected chi connectivity index (χ0v) is 7.44. The van der Waals surface area contributed by atoms with E-state index in [1.807, 2.05) is 6.07 Å². The largest absolute Gasteiger partial charge is 0.384 e. The molecule has 0 saturated carbocycles. The summed E-state index contributed by atoms with van der Waals surface area (Å²) in [7, 11) is 0. The third-order valence-corrected chi connectivity index (χ3v) is 1.96. The van der Waals surface area contributed by atoms with Gasteiger partial charge in [0.2, 0.25) is 0 Å². The summed E-state index contributed by atoms with van der Waals surface area (Å²) >= 11 is 0. The highest BCUT2D eigenvalue weighted by atomic mass is 19.1. The maximum atomic E-state index is 12.6. The summed E-state index contributed by atoms with van der Waals surface area (Å²) in [5.74, 6) is 0.225. The average Bonchev–Trinajstić information content (AvgIpc) is 2.19. The van der Waals surface area contributed by atoms with Crippen molar-refractivity contribution in [3.63, 3.8) is 0 Å². The van der Waals surface area contributed by atoms with Gasteiger partial charge in [-0.2, -0.15) is 0 Å². The summed E-state index contributed by atoms with van der Waals surface area (Å²) in [6.45, 7) is 0. The number of pyridine rings is 1. The van der Waals surface area contributed by atoms with Crippen LogP contribution in [-0.2, 0) is 0 Å². The summed E-state index contributed by atoms with van der Waals surface area (Å²) < 4.78 is 12.6. The van der Waals surface area contributed by atoms with E-state index < -0.39 is 0 Å². The van der Waals surface area contributed by atoms with E-state index in [1.165, 1.54) is 12.1 Å². The number of aromatic nitrogens is 1. The molecule has 0 unspecified atom stereocenters. The van der Waals surface area contributed by atoms with Crippen molar-refractivity contribution in [3.05, 3.63) is 48.4 Å². The van der Waals surface area contributed by atoms with Gasteiger partial charge >= 0.3 is 0 Å². The van der Waals surface area contributed by atoms with Gasteiger partial charge in [-0.15, -0.1) is 0 Å². The molecule has 14 heavy (non-hydrogen) atoms. The lowest BCUT2D eigenvalue weighted by Crippen LogP contribution is -1.89. The summed E-state index contributed by atoms with van der Waals surface area (Å²) in [6, 6.07) is 9.86. The Morgan fingerprint density at radius 1 is 1.00 bits per heavy atom. The van der Waals surface area contributed by atoms with Crippen LogP contribution in [0.25, 0.3) is 11.1 Å². The van der Waals surface area contributed by atoms with Crippen LogP contribution in [0.5, 0.6) is 0 Å². The molecule has 0 fully saturated rings. The van der Waals surface area contributed by atoms with E-state index in [0.717, 1.165) is 11.1 Å². The van der Waals surface area contributed by atoms with Gasteiger partial charge < -0.3 is 5.73 Å². The number of hydrogen-bond acceptors (Lipinski definition) is 2. The fraction of sp³-hybridized carbons (Fsp3) is 0. The SMILES string of the molecule is Nc1cc(-c2ccc(F)cc2)ccn1.